The van der Waals surface area contributed by atoms with Crippen LogP contribution >= 0.6 is 0 Å². The molecule has 30 heavy (non-hydrogen) atoms. The summed E-state index contributed by atoms with van der Waals surface area (Å²) in [5.74, 6) is 0.458. The number of hydrogen-bond donors (Lipinski definition) is 0. The van der Waals surface area contributed by atoms with Gasteiger partial charge in [0, 0.05) is 21.9 Å². The molecule has 0 fully saturated rings. The Bertz CT molecular complexity index is 1350. The first-order valence-electron chi connectivity index (χ1n) is 9.75. The topological polar surface area (TPSA) is 74.7 Å². The van der Waals surface area contributed by atoms with Gasteiger partial charge < -0.3 is 18.4 Å². The lowest BCUT2D eigenvalue weighted by molar-refractivity contribution is -0.145. The van der Waals surface area contributed by atoms with E-state index in [2.05, 4.69) is 17.3 Å². The molecule has 5 rings (SSSR count). The van der Waals surface area contributed by atoms with E-state index in [1.807, 2.05) is 49.4 Å². The molecule has 1 aromatic heterocycles. The maximum Gasteiger partial charge on any atom is 0.344 e. The van der Waals surface area contributed by atoms with Crippen LogP contribution in [0.2, 0.25) is 0 Å². The van der Waals surface area contributed by atoms with Gasteiger partial charge in [-0.1, -0.05) is 42.5 Å². The minimum absolute atomic E-state index is 0.228. The maximum atomic E-state index is 11.7. The van der Waals surface area contributed by atoms with Gasteiger partial charge in [0.15, 0.2) is 6.61 Å². The number of aryl methyl sites for hydroxylation is 1. The Hall–Kier alpha value is -3.80. The third kappa shape index (κ3) is 2.88. The van der Waals surface area contributed by atoms with Crippen LogP contribution < -0.4 is 4.74 Å². The Balaban J connectivity index is 1.61. The zero-order valence-corrected chi connectivity index (χ0v) is 16.6. The summed E-state index contributed by atoms with van der Waals surface area (Å²) in [5, 5.41) is 6.15. The number of benzene rings is 2. The molecule has 2 heterocycles. The zero-order valence-electron chi connectivity index (χ0n) is 16.6. The van der Waals surface area contributed by atoms with Gasteiger partial charge in [-0.3, -0.25) is 0 Å². The van der Waals surface area contributed by atoms with Gasteiger partial charge in [-0.15, -0.1) is 0 Å². The number of carbonyl (C=O) groups excluding carboxylic acids is 1. The van der Waals surface area contributed by atoms with Crippen molar-refractivity contribution in [3.8, 4) is 28.1 Å². The molecule has 0 saturated carbocycles. The van der Waals surface area contributed by atoms with Crippen molar-refractivity contribution in [2.24, 2.45) is 0 Å². The first-order valence-corrected chi connectivity index (χ1v) is 9.75. The lowest BCUT2D eigenvalue weighted by Gasteiger charge is -2.11. The first-order chi connectivity index (χ1) is 14.7. The quantitative estimate of drug-likeness (QED) is 0.357. The number of esters is 1. The third-order valence-corrected chi connectivity index (χ3v) is 5.13. The monoisotopic (exact) mass is 401 g/mol. The molecular formula is C24H19NO5. The molecule has 0 spiro atoms. The average Bonchev–Trinajstić information content (AvgIpc) is 3.36. The predicted octanol–water partition coefficient (Wildman–Crippen LogP) is 5.60. The van der Waals surface area contributed by atoms with E-state index in [0.717, 1.165) is 44.2 Å². The summed E-state index contributed by atoms with van der Waals surface area (Å²) < 4.78 is 22.2. The highest BCUT2D eigenvalue weighted by Gasteiger charge is 2.24. The minimum atomic E-state index is -0.452. The van der Waals surface area contributed by atoms with Crippen molar-refractivity contribution in [3.05, 3.63) is 60.4 Å². The highest BCUT2D eigenvalue weighted by Crippen LogP contribution is 2.45. The number of ether oxygens (including phenoxy) is 2. The van der Waals surface area contributed by atoms with Crippen molar-refractivity contribution in [1.82, 2.24) is 5.16 Å². The van der Waals surface area contributed by atoms with Gasteiger partial charge in [-0.2, -0.15) is 0 Å². The second kappa shape index (κ2) is 7.22. The van der Waals surface area contributed by atoms with E-state index < -0.39 is 5.97 Å². The number of rotatable bonds is 5. The Morgan fingerprint density at radius 3 is 2.63 bits per heavy atom. The van der Waals surface area contributed by atoms with Crippen molar-refractivity contribution in [2.45, 2.75) is 13.8 Å². The van der Waals surface area contributed by atoms with Crippen LogP contribution in [0.5, 0.6) is 5.88 Å². The summed E-state index contributed by atoms with van der Waals surface area (Å²) in [7, 11) is 0. The largest absolute Gasteiger partial charge is 0.463 e. The van der Waals surface area contributed by atoms with Crippen LogP contribution in [-0.4, -0.2) is 24.3 Å². The number of furan rings is 1. The van der Waals surface area contributed by atoms with Gasteiger partial charge in [0.25, 0.3) is 5.88 Å². The Morgan fingerprint density at radius 1 is 0.967 bits per heavy atom. The van der Waals surface area contributed by atoms with Gasteiger partial charge >= 0.3 is 5.97 Å². The van der Waals surface area contributed by atoms with E-state index in [9.17, 15) is 4.79 Å². The second-order valence-electron chi connectivity index (χ2n) is 6.95. The highest BCUT2D eigenvalue weighted by atomic mass is 16.6. The molecule has 0 saturated heterocycles. The van der Waals surface area contributed by atoms with Crippen LogP contribution in [0.3, 0.4) is 0 Å². The molecule has 3 aromatic rings. The SMILES string of the molecule is CCOC(=O)COc1noc(C)c2c(-c3cccc4c3oc3ccccc34)ccc1-2. The number of para-hydroxylation sites is 2. The van der Waals surface area contributed by atoms with Crippen LogP contribution in [0.25, 0.3) is 44.2 Å². The molecule has 0 bridgehead atoms. The molecule has 2 aromatic carbocycles. The van der Waals surface area contributed by atoms with Gasteiger partial charge in [0.05, 0.1) is 12.2 Å². The number of nitrogens with zero attached hydrogens (tertiary/aromatic N) is 1. The number of hydrogen-bond acceptors (Lipinski definition) is 6. The van der Waals surface area contributed by atoms with Crippen LogP contribution in [0.15, 0.2) is 63.5 Å². The summed E-state index contributed by atoms with van der Waals surface area (Å²) in [5.41, 5.74) is 5.22. The van der Waals surface area contributed by atoms with E-state index in [0.29, 0.717) is 12.4 Å². The van der Waals surface area contributed by atoms with Crippen LogP contribution in [-0.2, 0) is 9.53 Å². The normalized spacial score (nSPS) is 11.4. The van der Waals surface area contributed by atoms with Gasteiger partial charge in [0.2, 0.25) is 0 Å². The Morgan fingerprint density at radius 2 is 1.77 bits per heavy atom. The molecule has 1 aliphatic carbocycles. The molecule has 0 N–H and O–H groups in total. The molecule has 0 amide bonds. The molecule has 0 atom stereocenters. The molecule has 0 radical (unpaired) electrons. The number of aromatic nitrogens is 1. The lowest BCUT2D eigenvalue weighted by atomic mass is 9.99. The standard InChI is InChI=1S/C24H19NO5/c1-3-27-21(26)13-28-24-19-12-11-16(22(19)14(2)30-25-24)18-9-6-8-17-15-7-4-5-10-20(15)29-23(17)18/h4-12H,3,13H2,1-2H3. The summed E-state index contributed by atoms with van der Waals surface area (Å²) in [6, 6.07) is 18.0. The Labute approximate surface area is 172 Å². The average molecular weight is 401 g/mol. The van der Waals surface area contributed by atoms with Crippen molar-refractivity contribution in [1.29, 1.82) is 0 Å². The van der Waals surface area contributed by atoms with Gasteiger partial charge in [0.1, 0.15) is 16.9 Å². The van der Waals surface area contributed by atoms with Crippen LogP contribution in [0, 0.1) is 6.92 Å². The predicted molar refractivity (Wildman–Crippen MR) is 113 cm³/mol. The zero-order chi connectivity index (χ0) is 20.7. The summed E-state index contributed by atoms with van der Waals surface area (Å²) in [4.78, 5) is 11.7. The first kappa shape index (κ1) is 18.2. The van der Waals surface area contributed by atoms with E-state index >= 15 is 0 Å². The summed E-state index contributed by atoms with van der Waals surface area (Å²) in [6.07, 6.45) is 0. The molecule has 1 aliphatic heterocycles. The second-order valence-corrected chi connectivity index (χ2v) is 6.95. The summed E-state index contributed by atoms with van der Waals surface area (Å²) in [6.45, 7) is 3.67. The van der Waals surface area contributed by atoms with Crippen molar-refractivity contribution >= 4 is 27.9 Å². The van der Waals surface area contributed by atoms with E-state index in [1.165, 1.54) is 0 Å². The van der Waals surface area contributed by atoms with Crippen molar-refractivity contribution in [2.75, 3.05) is 13.2 Å². The fraction of sp³-hybridized carbons (Fsp3) is 0.167. The Kier molecular flexibility index (Phi) is 4.39. The molecule has 2 aliphatic rings. The number of fused-ring (bicyclic) bond motifs is 4. The van der Waals surface area contributed by atoms with E-state index in [1.54, 1.807) is 6.92 Å². The van der Waals surface area contributed by atoms with Gasteiger partial charge in [-0.05, 0) is 36.7 Å². The molecule has 0 unspecified atom stereocenters. The fourth-order valence-corrected chi connectivity index (χ4v) is 3.86. The molecule has 6 heteroatoms. The lowest BCUT2D eigenvalue weighted by Crippen LogP contribution is -2.15. The molecule has 6 nitrogen and oxygen atoms in total. The van der Waals surface area contributed by atoms with Crippen molar-refractivity contribution in [3.63, 3.8) is 0 Å². The van der Waals surface area contributed by atoms with Crippen LogP contribution in [0.4, 0.5) is 0 Å². The highest BCUT2D eigenvalue weighted by molar-refractivity contribution is 6.11. The van der Waals surface area contributed by atoms with E-state index in [4.69, 9.17) is 18.4 Å². The minimum Gasteiger partial charge on any atom is -0.463 e. The van der Waals surface area contributed by atoms with Gasteiger partial charge in [-0.25, -0.2) is 4.79 Å². The third-order valence-electron chi connectivity index (χ3n) is 5.13. The van der Waals surface area contributed by atoms with E-state index in [-0.39, 0.29) is 12.5 Å². The van der Waals surface area contributed by atoms with Crippen LogP contribution in [0.1, 0.15) is 12.7 Å². The number of carbonyl (C=O) groups is 1. The molecule has 150 valence electrons. The smallest absolute Gasteiger partial charge is 0.344 e. The fourth-order valence-electron chi connectivity index (χ4n) is 3.86. The molecular weight excluding hydrogens is 382 g/mol. The summed E-state index contributed by atoms with van der Waals surface area (Å²) >= 11 is 0. The van der Waals surface area contributed by atoms with Crippen molar-refractivity contribution < 1.29 is 23.2 Å². The maximum absolute atomic E-state index is 11.7.